The molecule has 6 nitrogen and oxygen atoms in total. The molecule has 1 amide bonds. The van der Waals surface area contributed by atoms with Gasteiger partial charge in [-0.25, -0.2) is 4.98 Å². The first kappa shape index (κ1) is 20.1. The van der Waals surface area contributed by atoms with E-state index in [9.17, 15) is 4.79 Å². The first-order chi connectivity index (χ1) is 13.5. The smallest absolute Gasteiger partial charge is 0.226 e. The molecular formula is C20H20ClN5OS. The fraction of sp³-hybridized carbons (Fsp3) is 0.300. The zero-order chi connectivity index (χ0) is 20.1. The number of benzene rings is 1. The van der Waals surface area contributed by atoms with Crippen molar-refractivity contribution in [1.29, 1.82) is 5.26 Å². The van der Waals surface area contributed by atoms with Crippen molar-refractivity contribution in [2.75, 3.05) is 5.32 Å². The van der Waals surface area contributed by atoms with Crippen LogP contribution in [0.4, 0.5) is 5.13 Å². The lowest BCUT2D eigenvalue weighted by molar-refractivity contribution is -0.116. The third-order valence-corrected chi connectivity index (χ3v) is 5.47. The van der Waals surface area contributed by atoms with Gasteiger partial charge in [-0.05, 0) is 38.0 Å². The van der Waals surface area contributed by atoms with Gasteiger partial charge in [0.05, 0.1) is 30.4 Å². The molecule has 0 radical (unpaired) electrons. The van der Waals surface area contributed by atoms with Crippen LogP contribution in [0.2, 0.25) is 5.02 Å². The molecule has 0 spiro atoms. The molecule has 3 rings (SSSR count). The van der Waals surface area contributed by atoms with Crippen molar-refractivity contribution in [1.82, 2.24) is 14.8 Å². The van der Waals surface area contributed by atoms with E-state index in [1.165, 1.54) is 11.3 Å². The molecule has 0 fully saturated rings. The first-order valence-corrected chi connectivity index (χ1v) is 10.1. The fourth-order valence-corrected chi connectivity index (χ4v) is 3.84. The minimum Gasteiger partial charge on any atom is -0.302 e. The molecule has 2 aromatic heterocycles. The van der Waals surface area contributed by atoms with E-state index in [2.05, 4.69) is 21.5 Å². The lowest BCUT2D eigenvalue weighted by Crippen LogP contribution is -2.12. The molecule has 144 valence electrons. The van der Waals surface area contributed by atoms with Gasteiger partial charge in [-0.1, -0.05) is 23.7 Å². The van der Waals surface area contributed by atoms with E-state index in [1.807, 2.05) is 48.2 Å². The maximum Gasteiger partial charge on any atom is 0.226 e. The van der Waals surface area contributed by atoms with Crippen LogP contribution in [0.25, 0.3) is 11.3 Å². The number of nitrogens with one attached hydrogen (secondary N) is 1. The summed E-state index contributed by atoms with van der Waals surface area (Å²) in [6.45, 7) is 4.48. The van der Waals surface area contributed by atoms with Crippen molar-refractivity contribution in [2.45, 2.75) is 39.7 Å². The quantitative estimate of drug-likeness (QED) is 0.605. The van der Waals surface area contributed by atoms with E-state index in [0.717, 1.165) is 28.2 Å². The molecule has 0 aliphatic rings. The number of carbonyl (C=O) groups excluding carboxylic acids is 1. The van der Waals surface area contributed by atoms with Crippen molar-refractivity contribution in [3.8, 4) is 17.3 Å². The molecule has 0 aliphatic heterocycles. The predicted octanol–water partition coefficient (Wildman–Crippen LogP) is 4.76. The van der Waals surface area contributed by atoms with Crippen LogP contribution < -0.4 is 5.32 Å². The molecule has 1 aromatic carbocycles. The van der Waals surface area contributed by atoms with Gasteiger partial charge in [0.1, 0.15) is 0 Å². The zero-order valence-corrected chi connectivity index (χ0v) is 17.3. The van der Waals surface area contributed by atoms with Gasteiger partial charge in [0.2, 0.25) is 5.91 Å². The first-order valence-electron chi connectivity index (χ1n) is 8.89. The predicted molar refractivity (Wildman–Crippen MR) is 111 cm³/mol. The number of amides is 1. The number of hydrogen-bond acceptors (Lipinski definition) is 5. The summed E-state index contributed by atoms with van der Waals surface area (Å²) in [6.07, 6.45) is 1.37. The Hall–Kier alpha value is -2.69. The highest BCUT2D eigenvalue weighted by Gasteiger charge is 2.14. The SMILES string of the molecule is Cc1nn(CCC#N)c(C)c1CCC(=O)Nc1nc(-c2ccc(Cl)cc2)cs1. The number of aryl methyl sites for hydroxylation is 2. The summed E-state index contributed by atoms with van der Waals surface area (Å²) in [5.74, 6) is -0.0828. The lowest BCUT2D eigenvalue weighted by atomic mass is 10.1. The number of thiazole rings is 1. The third-order valence-electron chi connectivity index (χ3n) is 4.46. The van der Waals surface area contributed by atoms with Crippen LogP contribution in [0.5, 0.6) is 0 Å². The third kappa shape index (κ3) is 4.77. The van der Waals surface area contributed by atoms with Gasteiger partial charge in [-0.2, -0.15) is 10.4 Å². The Morgan fingerprint density at radius 1 is 1.32 bits per heavy atom. The van der Waals surface area contributed by atoms with Gasteiger partial charge in [0, 0.05) is 28.1 Å². The van der Waals surface area contributed by atoms with E-state index in [1.54, 1.807) is 0 Å². The van der Waals surface area contributed by atoms with Gasteiger partial charge in [-0.15, -0.1) is 11.3 Å². The fourth-order valence-electron chi connectivity index (χ4n) is 2.97. The largest absolute Gasteiger partial charge is 0.302 e. The highest BCUT2D eigenvalue weighted by molar-refractivity contribution is 7.14. The van der Waals surface area contributed by atoms with Gasteiger partial charge in [0.15, 0.2) is 5.13 Å². The highest BCUT2D eigenvalue weighted by Crippen LogP contribution is 2.26. The topological polar surface area (TPSA) is 83.6 Å². The van der Waals surface area contributed by atoms with Crippen LogP contribution in [0.1, 0.15) is 29.8 Å². The second-order valence-corrected chi connectivity index (χ2v) is 7.67. The summed E-state index contributed by atoms with van der Waals surface area (Å²) >= 11 is 7.31. The van der Waals surface area contributed by atoms with Gasteiger partial charge < -0.3 is 5.32 Å². The summed E-state index contributed by atoms with van der Waals surface area (Å²) < 4.78 is 1.84. The minimum absolute atomic E-state index is 0.0828. The van der Waals surface area contributed by atoms with E-state index >= 15 is 0 Å². The zero-order valence-electron chi connectivity index (χ0n) is 15.7. The van der Waals surface area contributed by atoms with Crippen LogP contribution in [0.3, 0.4) is 0 Å². The number of carbonyl (C=O) groups is 1. The second kappa shape index (κ2) is 9.00. The Balaban J connectivity index is 1.59. The molecule has 2 heterocycles. The Kier molecular flexibility index (Phi) is 6.45. The molecule has 0 atom stereocenters. The van der Waals surface area contributed by atoms with Crippen molar-refractivity contribution in [3.63, 3.8) is 0 Å². The highest BCUT2D eigenvalue weighted by atomic mass is 35.5. The molecule has 1 N–H and O–H groups in total. The normalized spacial score (nSPS) is 10.6. The number of anilines is 1. The molecule has 0 bridgehead atoms. The lowest BCUT2D eigenvalue weighted by Gasteiger charge is -2.04. The molecule has 3 aromatic rings. The van der Waals surface area contributed by atoms with Gasteiger partial charge >= 0.3 is 0 Å². The van der Waals surface area contributed by atoms with Crippen LogP contribution >= 0.6 is 22.9 Å². The van der Waals surface area contributed by atoms with Crippen LogP contribution in [-0.2, 0) is 17.8 Å². The van der Waals surface area contributed by atoms with Gasteiger partial charge in [0.25, 0.3) is 0 Å². The molecule has 28 heavy (non-hydrogen) atoms. The Morgan fingerprint density at radius 3 is 2.79 bits per heavy atom. The summed E-state index contributed by atoms with van der Waals surface area (Å²) in [4.78, 5) is 16.8. The van der Waals surface area contributed by atoms with E-state index in [4.69, 9.17) is 16.9 Å². The van der Waals surface area contributed by atoms with Crippen molar-refractivity contribution < 1.29 is 4.79 Å². The molecule has 0 saturated heterocycles. The second-order valence-electron chi connectivity index (χ2n) is 6.37. The average Bonchev–Trinajstić information content (AvgIpc) is 3.23. The van der Waals surface area contributed by atoms with Crippen LogP contribution in [-0.4, -0.2) is 20.7 Å². The van der Waals surface area contributed by atoms with E-state index in [0.29, 0.717) is 36.0 Å². The standard InChI is InChI=1S/C20H20ClN5OS/c1-13-17(14(2)26(25-13)11-3-10-22)8-9-19(27)24-20-23-18(12-28-20)15-4-6-16(21)7-5-15/h4-7,12H,3,8-9,11H2,1-2H3,(H,23,24,27). The van der Waals surface area contributed by atoms with E-state index < -0.39 is 0 Å². The van der Waals surface area contributed by atoms with Crippen LogP contribution in [0, 0.1) is 25.2 Å². The number of hydrogen-bond donors (Lipinski definition) is 1. The molecular weight excluding hydrogens is 394 g/mol. The Morgan fingerprint density at radius 2 is 2.07 bits per heavy atom. The maximum absolute atomic E-state index is 12.3. The Labute approximate surface area is 172 Å². The van der Waals surface area contributed by atoms with Crippen molar-refractivity contribution in [3.05, 3.63) is 51.6 Å². The monoisotopic (exact) mass is 413 g/mol. The minimum atomic E-state index is -0.0828. The summed E-state index contributed by atoms with van der Waals surface area (Å²) in [6, 6.07) is 9.56. The molecule has 0 saturated carbocycles. The maximum atomic E-state index is 12.3. The van der Waals surface area contributed by atoms with Gasteiger partial charge in [-0.3, -0.25) is 9.48 Å². The number of aromatic nitrogens is 3. The summed E-state index contributed by atoms with van der Waals surface area (Å²) in [7, 11) is 0. The number of nitrogens with zero attached hydrogens (tertiary/aromatic N) is 4. The van der Waals surface area contributed by atoms with Crippen molar-refractivity contribution >= 4 is 34.0 Å². The summed E-state index contributed by atoms with van der Waals surface area (Å²) in [5.41, 5.74) is 4.75. The number of nitriles is 1. The Bertz CT molecular complexity index is 1020. The molecule has 8 heteroatoms. The van der Waals surface area contributed by atoms with Crippen molar-refractivity contribution in [2.24, 2.45) is 0 Å². The average molecular weight is 414 g/mol. The van der Waals surface area contributed by atoms with E-state index in [-0.39, 0.29) is 5.91 Å². The number of halogens is 1. The molecule has 0 unspecified atom stereocenters. The van der Waals surface area contributed by atoms with Crippen LogP contribution in [0.15, 0.2) is 29.6 Å². The summed E-state index contributed by atoms with van der Waals surface area (Å²) in [5, 5.41) is 19.2. The number of rotatable bonds is 7. The molecule has 0 aliphatic carbocycles.